The minimum absolute atomic E-state index is 0.325. The Morgan fingerprint density at radius 2 is 2.27 bits per heavy atom. The molecule has 0 aliphatic heterocycles. The fraction of sp³-hybridized carbons (Fsp3) is 0.273. The van der Waals surface area contributed by atoms with Gasteiger partial charge in [0, 0.05) is 11.3 Å². The monoisotopic (exact) mass is 202 g/mol. The van der Waals surface area contributed by atoms with E-state index in [4.69, 9.17) is 5.11 Å². The number of hydrogen-bond donors (Lipinski definition) is 2. The summed E-state index contributed by atoms with van der Waals surface area (Å²) in [5.74, 6) is -0.359. The van der Waals surface area contributed by atoms with Gasteiger partial charge in [-0.05, 0) is 31.0 Å². The number of nitrogens with zero attached hydrogens (tertiary/aromatic N) is 1. The molecule has 2 N–H and O–H groups in total. The van der Waals surface area contributed by atoms with Crippen molar-refractivity contribution in [1.29, 1.82) is 0 Å². The average Bonchev–Trinajstić information content (AvgIpc) is 2.98. The molecule has 1 aromatic heterocycles. The molecule has 0 radical (unpaired) electrons. The lowest BCUT2D eigenvalue weighted by Gasteiger charge is -1.95. The molecule has 0 saturated heterocycles. The van der Waals surface area contributed by atoms with Gasteiger partial charge in [-0.25, -0.2) is 4.79 Å². The zero-order valence-electron chi connectivity index (χ0n) is 8.03. The molecule has 1 saturated carbocycles. The van der Waals surface area contributed by atoms with Crippen molar-refractivity contribution >= 4 is 16.9 Å². The van der Waals surface area contributed by atoms with E-state index in [1.54, 1.807) is 18.2 Å². The minimum Gasteiger partial charge on any atom is -0.478 e. The molecule has 1 aliphatic rings. The number of H-pyrrole nitrogens is 1. The van der Waals surface area contributed by atoms with Crippen molar-refractivity contribution in [2.24, 2.45) is 0 Å². The summed E-state index contributed by atoms with van der Waals surface area (Å²) < 4.78 is 0. The normalized spacial score (nSPS) is 15.7. The molecule has 0 spiro atoms. The molecular weight excluding hydrogens is 192 g/mol. The van der Waals surface area contributed by atoms with E-state index in [9.17, 15) is 4.79 Å². The highest BCUT2D eigenvalue weighted by molar-refractivity contribution is 5.94. The van der Waals surface area contributed by atoms with Crippen molar-refractivity contribution in [3.8, 4) is 0 Å². The second-order valence-electron chi connectivity index (χ2n) is 3.95. The highest BCUT2D eigenvalue weighted by Gasteiger charge is 2.28. The third-order valence-corrected chi connectivity index (χ3v) is 2.80. The standard InChI is InChI=1S/C11H10N2O2/c14-11(15)7-3-4-9-8(5-7)10(13-12-9)6-1-2-6/h3-6H,1-2H2,(H,12,13)(H,14,15). The molecule has 15 heavy (non-hydrogen) atoms. The van der Waals surface area contributed by atoms with Gasteiger partial charge < -0.3 is 5.11 Å². The Labute approximate surface area is 85.9 Å². The Kier molecular flexibility index (Phi) is 1.59. The van der Waals surface area contributed by atoms with Crippen molar-refractivity contribution < 1.29 is 9.90 Å². The number of carboxylic acid groups (broad SMARTS) is 1. The zero-order valence-corrected chi connectivity index (χ0v) is 8.03. The summed E-state index contributed by atoms with van der Waals surface area (Å²) in [5.41, 5.74) is 2.26. The third-order valence-electron chi connectivity index (χ3n) is 2.80. The van der Waals surface area contributed by atoms with Crippen molar-refractivity contribution in [2.45, 2.75) is 18.8 Å². The van der Waals surface area contributed by atoms with Crippen LogP contribution >= 0.6 is 0 Å². The number of benzene rings is 1. The Morgan fingerprint density at radius 3 is 2.93 bits per heavy atom. The first kappa shape index (κ1) is 8.47. The van der Waals surface area contributed by atoms with Crippen LogP contribution in [0.5, 0.6) is 0 Å². The van der Waals surface area contributed by atoms with Gasteiger partial charge in [0.2, 0.25) is 0 Å². The smallest absolute Gasteiger partial charge is 0.335 e. The van der Waals surface area contributed by atoms with Crippen LogP contribution in [0.25, 0.3) is 10.9 Å². The first-order chi connectivity index (χ1) is 7.25. The molecule has 4 heteroatoms. The van der Waals surface area contributed by atoms with Gasteiger partial charge in [-0.1, -0.05) is 0 Å². The SMILES string of the molecule is O=C(O)c1ccc2[nH]nc(C3CC3)c2c1. The third kappa shape index (κ3) is 1.29. The maximum absolute atomic E-state index is 10.8. The molecule has 1 aromatic carbocycles. The molecule has 2 aromatic rings. The number of carbonyl (C=O) groups is 1. The van der Waals surface area contributed by atoms with Crippen LogP contribution in [0.2, 0.25) is 0 Å². The lowest BCUT2D eigenvalue weighted by molar-refractivity contribution is 0.0697. The Balaban J connectivity index is 2.21. The highest BCUT2D eigenvalue weighted by Crippen LogP contribution is 2.41. The highest BCUT2D eigenvalue weighted by atomic mass is 16.4. The summed E-state index contributed by atoms with van der Waals surface area (Å²) in [7, 11) is 0. The predicted molar refractivity (Wildman–Crippen MR) is 55.0 cm³/mol. The van der Waals surface area contributed by atoms with Crippen molar-refractivity contribution in [1.82, 2.24) is 10.2 Å². The maximum atomic E-state index is 10.8. The van der Waals surface area contributed by atoms with Crippen molar-refractivity contribution in [3.05, 3.63) is 29.5 Å². The Hall–Kier alpha value is -1.84. The van der Waals surface area contributed by atoms with Gasteiger partial charge >= 0.3 is 5.97 Å². The lowest BCUT2D eigenvalue weighted by atomic mass is 10.1. The van der Waals surface area contributed by atoms with Gasteiger partial charge in [-0.2, -0.15) is 5.10 Å². The molecule has 0 amide bonds. The van der Waals surface area contributed by atoms with E-state index in [1.165, 1.54) is 0 Å². The van der Waals surface area contributed by atoms with Gasteiger partial charge in [-0.3, -0.25) is 5.10 Å². The van der Waals surface area contributed by atoms with E-state index in [0.29, 0.717) is 11.5 Å². The number of hydrogen-bond acceptors (Lipinski definition) is 2. The summed E-state index contributed by atoms with van der Waals surface area (Å²) in [6, 6.07) is 5.08. The molecule has 0 atom stereocenters. The first-order valence-corrected chi connectivity index (χ1v) is 4.97. The van der Waals surface area contributed by atoms with Gasteiger partial charge in [0.05, 0.1) is 16.8 Å². The summed E-state index contributed by atoms with van der Waals surface area (Å²) in [4.78, 5) is 10.8. The van der Waals surface area contributed by atoms with Crippen LogP contribution in [0.4, 0.5) is 0 Å². The maximum Gasteiger partial charge on any atom is 0.335 e. The van der Waals surface area contributed by atoms with Crippen LogP contribution in [0.15, 0.2) is 18.2 Å². The topological polar surface area (TPSA) is 66.0 Å². The number of aromatic carboxylic acids is 1. The van der Waals surface area contributed by atoms with Crippen LogP contribution in [-0.4, -0.2) is 21.3 Å². The number of rotatable bonds is 2. The van der Waals surface area contributed by atoms with Crippen LogP contribution in [0.1, 0.15) is 34.8 Å². The second-order valence-corrected chi connectivity index (χ2v) is 3.95. The molecule has 0 bridgehead atoms. The molecule has 1 aliphatic carbocycles. The first-order valence-electron chi connectivity index (χ1n) is 4.97. The molecule has 3 rings (SSSR count). The van der Waals surface area contributed by atoms with Crippen LogP contribution in [0, 0.1) is 0 Å². The molecule has 0 unspecified atom stereocenters. The number of aromatic nitrogens is 2. The Bertz CT molecular complexity index is 541. The predicted octanol–water partition coefficient (Wildman–Crippen LogP) is 2.14. The van der Waals surface area contributed by atoms with Gasteiger partial charge in [0.1, 0.15) is 0 Å². The molecule has 76 valence electrons. The van der Waals surface area contributed by atoms with Gasteiger partial charge in [-0.15, -0.1) is 0 Å². The molecule has 1 fully saturated rings. The van der Waals surface area contributed by atoms with Gasteiger partial charge in [0.25, 0.3) is 0 Å². The molecular formula is C11H10N2O2. The number of carboxylic acids is 1. The van der Waals surface area contributed by atoms with E-state index in [-0.39, 0.29) is 0 Å². The van der Waals surface area contributed by atoms with E-state index in [2.05, 4.69) is 10.2 Å². The van der Waals surface area contributed by atoms with Crippen LogP contribution < -0.4 is 0 Å². The summed E-state index contributed by atoms with van der Waals surface area (Å²) in [6.07, 6.45) is 2.33. The summed E-state index contributed by atoms with van der Waals surface area (Å²) in [6.45, 7) is 0. The summed E-state index contributed by atoms with van der Waals surface area (Å²) >= 11 is 0. The average molecular weight is 202 g/mol. The van der Waals surface area contributed by atoms with E-state index >= 15 is 0 Å². The van der Waals surface area contributed by atoms with Crippen LogP contribution in [0.3, 0.4) is 0 Å². The number of nitrogens with one attached hydrogen (secondary N) is 1. The van der Waals surface area contributed by atoms with E-state index in [0.717, 1.165) is 29.4 Å². The number of fused-ring (bicyclic) bond motifs is 1. The molecule has 4 nitrogen and oxygen atoms in total. The van der Waals surface area contributed by atoms with Crippen LogP contribution in [-0.2, 0) is 0 Å². The second kappa shape index (κ2) is 2.82. The number of aromatic amines is 1. The van der Waals surface area contributed by atoms with Crippen molar-refractivity contribution in [3.63, 3.8) is 0 Å². The largest absolute Gasteiger partial charge is 0.478 e. The summed E-state index contributed by atoms with van der Waals surface area (Å²) in [5, 5.41) is 17.0. The molecule has 1 heterocycles. The van der Waals surface area contributed by atoms with E-state index in [1.807, 2.05) is 0 Å². The Morgan fingerprint density at radius 1 is 1.47 bits per heavy atom. The quantitative estimate of drug-likeness (QED) is 0.784. The van der Waals surface area contributed by atoms with E-state index < -0.39 is 5.97 Å². The van der Waals surface area contributed by atoms with Crippen molar-refractivity contribution in [2.75, 3.05) is 0 Å². The minimum atomic E-state index is -0.889. The zero-order chi connectivity index (χ0) is 10.4. The lowest BCUT2D eigenvalue weighted by Crippen LogP contribution is -1.95. The fourth-order valence-electron chi connectivity index (χ4n) is 1.84. The fourth-order valence-corrected chi connectivity index (χ4v) is 1.84. The van der Waals surface area contributed by atoms with Gasteiger partial charge in [0.15, 0.2) is 0 Å².